The highest BCUT2D eigenvalue weighted by Gasteiger charge is 2.66. The summed E-state index contributed by atoms with van der Waals surface area (Å²) >= 11 is 0. The Morgan fingerprint density at radius 3 is 2.59 bits per heavy atom. The summed E-state index contributed by atoms with van der Waals surface area (Å²) in [7, 11) is 2.85. The minimum atomic E-state index is -1.33. The van der Waals surface area contributed by atoms with E-state index in [2.05, 4.69) is 5.32 Å². The van der Waals surface area contributed by atoms with Gasteiger partial charge >= 0.3 is 5.97 Å². The van der Waals surface area contributed by atoms with Crippen molar-refractivity contribution in [1.29, 1.82) is 0 Å². The SMILES string of the molecule is CCN1C(=O)[C@H]2[C@@H](c3ccc(-c4ccc5c(c4)OCO5)c(OC)c3)N[C@@](C)(C(=O)OC)[C@H]2C1=O. The molecular weight excluding hydrogens is 440 g/mol. The molecule has 0 saturated carbocycles. The number of benzene rings is 2. The Morgan fingerprint density at radius 2 is 1.88 bits per heavy atom. The number of nitrogens with zero attached hydrogens (tertiary/aromatic N) is 1. The first-order valence-corrected chi connectivity index (χ1v) is 11.1. The molecule has 34 heavy (non-hydrogen) atoms. The van der Waals surface area contributed by atoms with Gasteiger partial charge in [-0.2, -0.15) is 0 Å². The summed E-state index contributed by atoms with van der Waals surface area (Å²) in [4.78, 5) is 40.3. The molecule has 5 rings (SSSR count). The van der Waals surface area contributed by atoms with Crippen LogP contribution in [0, 0.1) is 11.8 Å². The van der Waals surface area contributed by atoms with Crippen LogP contribution in [0.15, 0.2) is 36.4 Å². The van der Waals surface area contributed by atoms with Gasteiger partial charge in [-0.15, -0.1) is 0 Å². The standard InChI is InChI=1S/C25H26N2O7/c1-5-27-22(28)19-20(23(27)29)25(2,24(30)32-4)26-21(19)14-6-8-15(17(11-14)31-3)13-7-9-16-18(10-13)34-12-33-16/h6-11,19-21,26H,5,12H2,1-4H3/t19-,20-,21-,25-/m1/s1. The average Bonchev–Trinajstić information content (AvgIpc) is 3.52. The van der Waals surface area contributed by atoms with Gasteiger partial charge in [-0.3, -0.25) is 24.6 Å². The highest BCUT2D eigenvalue weighted by molar-refractivity contribution is 6.09. The Labute approximate surface area is 196 Å². The molecule has 0 unspecified atom stereocenters. The highest BCUT2D eigenvalue weighted by atomic mass is 16.7. The van der Waals surface area contributed by atoms with Crippen molar-refractivity contribution in [2.45, 2.75) is 25.4 Å². The van der Waals surface area contributed by atoms with Gasteiger partial charge in [0.2, 0.25) is 18.6 Å². The minimum absolute atomic E-state index is 0.186. The van der Waals surface area contributed by atoms with Crippen molar-refractivity contribution in [2.75, 3.05) is 27.6 Å². The number of nitrogens with one attached hydrogen (secondary N) is 1. The molecule has 2 aromatic carbocycles. The number of hydrogen-bond acceptors (Lipinski definition) is 8. The van der Waals surface area contributed by atoms with E-state index >= 15 is 0 Å². The number of esters is 1. The lowest BCUT2D eigenvalue weighted by Gasteiger charge is -2.28. The summed E-state index contributed by atoms with van der Waals surface area (Å²) in [6.07, 6.45) is 0. The normalized spacial score (nSPS) is 27.2. The van der Waals surface area contributed by atoms with E-state index in [1.807, 2.05) is 36.4 Å². The summed E-state index contributed by atoms with van der Waals surface area (Å²) in [5.41, 5.74) is 1.12. The lowest BCUT2D eigenvalue weighted by atomic mass is 9.80. The molecule has 9 nitrogen and oxygen atoms in total. The predicted molar refractivity (Wildman–Crippen MR) is 120 cm³/mol. The van der Waals surface area contributed by atoms with Crippen molar-refractivity contribution < 1.29 is 33.3 Å². The fourth-order valence-corrected chi connectivity index (χ4v) is 5.40. The summed E-state index contributed by atoms with van der Waals surface area (Å²) in [5.74, 6) is -0.862. The topological polar surface area (TPSA) is 103 Å². The molecule has 3 heterocycles. The fraction of sp³-hybridized carbons (Fsp3) is 0.400. The van der Waals surface area contributed by atoms with Crippen LogP contribution in [-0.4, -0.2) is 55.8 Å². The Morgan fingerprint density at radius 1 is 1.12 bits per heavy atom. The van der Waals surface area contributed by atoms with Gasteiger partial charge in [-0.1, -0.05) is 18.2 Å². The maximum absolute atomic E-state index is 13.2. The van der Waals surface area contributed by atoms with Gasteiger partial charge in [0.05, 0.1) is 26.1 Å². The predicted octanol–water partition coefficient (Wildman–Crippen LogP) is 2.29. The average molecular weight is 466 g/mol. The number of amides is 2. The van der Waals surface area contributed by atoms with Gasteiger partial charge in [0, 0.05) is 18.2 Å². The number of carbonyl (C=O) groups is 3. The Bertz CT molecular complexity index is 1200. The molecule has 2 amide bonds. The second-order valence-corrected chi connectivity index (χ2v) is 8.77. The fourth-order valence-electron chi connectivity index (χ4n) is 5.40. The van der Waals surface area contributed by atoms with Gasteiger partial charge in [0.15, 0.2) is 11.5 Å². The third-order valence-corrected chi connectivity index (χ3v) is 7.07. The van der Waals surface area contributed by atoms with Crippen molar-refractivity contribution in [3.05, 3.63) is 42.0 Å². The van der Waals surface area contributed by atoms with Crippen molar-refractivity contribution >= 4 is 17.8 Å². The van der Waals surface area contributed by atoms with Crippen LogP contribution < -0.4 is 19.5 Å². The van der Waals surface area contributed by atoms with E-state index in [1.165, 1.54) is 12.0 Å². The van der Waals surface area contributed by atoms with Crippen LogP contribution in [0.4, 0.5) is 0 Å². The third kappa shape index (κ3) is 3.07. The summed E-state index contributed by atoms with van der Waals surface area (Å²) in [5, 5.41) is 3.25. The maximum Gasteiger partial charge on any atom is 0.326 e. The molecular formula is C25H26N2O7. The molecule has 9 heteroatoms. The smallest absolute Gasteiger partial charge is 0.326 e. The molecule has 0 bridgehead atoms. The van der Waals surface area contributed by atoms with Crippen LogP contribution >= 0.6 is 0 Å². The van der Waals surface area contributed by atoms with E-state index in [0.29, 0.717) is 17.2 Å². The van der Waals surface area contributed by atoms with E-state index in [4.69, 9.17) is 18.9 Å². The van der Waals surface area contributed by atoms with E-state index in [0.717, 1.165) is 16.7 Å². The van der Waals surface area contributed by atoms with E-state index in [-0.39, 0.29) is 25.2 Å². The number of methoxy groups -OCH3 is 2. The van der Waals surface area contributed by atoms with Crippen LogP contribution in [0.2, 0.25) is 0 Å². The molecule has 2 saturated heterocycles. The van der Waals surface area contributed by atoms with E-state index < -0.39 is 29.4 Å². The zero-order chi connectivity index (χ0) is 24.2. The molecule has 0 aromatic heterocycles. The Hall–Kier alpha value is -3.59. The number of likely N-dealkylation sites (tertiary alicyclic amines) is 1. The Kier molecular flexibility index (Phi) is 5.24. The molecule has 0 spiro atoms. The second kappa shape index (κ2) is 8.02. The first kappa shape index (κ1) is 22.2. The van der Waals surface area contributed by atoms with Crippen molar-refractivity contribution in [3.63, 3.8) is 0 Å². The summed E-state index contributed by atoms with van der Waals surface area (Å²) in [6.45, 7) is 3.81. The van der Waals surface area contributed by atoms with Gasteiger partial charge in [0.1, 0.15) is 11.3 Å². The highest BCUT2D eigenvalue weighted by Crippen LogP contribution is 2.50. The zero-order valence-corrected chi connectivity index (χ0v) is 19.4. The van der Waals surface area contributed by atoms with Gasteiger partial charge in [-0.25, -0.2) is 0 Å². The van der Waals surface area contributed by atoms with Gasteiger partial charge < -0.3 is 18.9 Å². The van der Waals surface area contributed by atoms with Gasteiger partial charge in [0.25, 0.3) is 0 Å². The third-order valence-electron chi connectivity index (χ3n) is 7.07. The largest absolute Gasteiger partial charge is 0.496 e. The van der Waals surface area contributed by atoms with Crippen LogP contribution in [0.3, 0.4) is 0 Å². The quantitative estimate of drug-likeness (QED) is 0.529. The summed E-state index contributed by atoms with van der Waals surface area (Å²) < 4.78 is 21.6. The van der Waals surface area contributed by atoms with Crippen molar-refractivity contribution in [1.82, 2.24) is 10.2 Å². The van der Waals surface area contributed by atoms with Crippen LogP contribution in [0.5, 0.6) is 17.2 Å². The number of carbonyl (C=O) groups excluding carboxylic acids is 3. The van der Waals surface area contributed by atoms with Gasteiger partial charge in [-0.05, 0) is 43.2 Å². The number of imide groups is 1. The molecule has 4 atom stereocenters. The number of ether oxygens (including phenoxy) is 4. The molecule has 3 aliphatic rings. The number of hydrogen-bond donors (Lipinski definition) is 1. The van der Waals surface area contributed by atoms with Crippen LogP contribution in [0.25, 0.3) is 11.1 Å². The number of fused-ring (bicyclic) bond motifs is 2. The van der Waals surface area contributed by atoms with E-state index in [1.54, 1.807) is 21.0 Å². The molecule has 2 fully saturated rings. The van der Waals surface area contributed by atoms with E-state index in [9.17, 15) is 14.4 Å². The molecule has 2 aromatic rings. The number of rotatable bonds is 5. The Balaban J connectivity index is 1.56. The summed E-state index contributed by atoms with van der Waals surface area (Å²) in [6, 6.07) is 10.7. The lowest BCUT2D eigenvalue weighted by Crippen LogP contribution is -2.53. The van der Waals surface area contributed by atoms with Crippen molar-refractivity contribution in [2.24, 2.45) is 11.8 Å². The zero-order valence-electron chi connectivity index (χ0n) is 19.4. The lowest BCUT2D eigenvalue weighted by molar-refractivity contribution is -0.153. The second-order valence-electron chi connectivity index (χ2n) is 8.77. The minimum Gasteiger partial charge on any atom is -0.496 e. The molecule has 0 radical (unpaired) electrons. The van der Waals surface area contributed by atoms with Crippen molar-refractivity contribution in [3.8, 4) is 28.4 Å². The maximum atomic E-state index is 13.2. The first-order valence-electron chi connectivity index (χ1n) is 11.1. The molecule has 0 aliphatic carbocycles. The molecule has 3 aliphatic heterocycles. The molecule has 1 N–H and O–H groups in total. The first-order chi connectivity index (χ1) is 16.3. The van der Waals surface area contributed by atoms with Crippen LogP contribution in [0.1, 0.15) is 25.5 Å². The molecule has 178 valence electrons. The monoisotopic (exact) mass is 466 g/mol. The van der Waals surface area contributed by atoms with Crippen LogP contribution in [-0.2, 0) is 19.1 Å².